The molecule has 2 aromatic heterocycles. The Kier molecular flexibility index (Phi) is 5.35. The molecule has 3 heterocycles. The molecule has 1 saturated heterocycles. The SMILES string of the molecule is CCn1c(=O)c2[nH]c(C=Cc3ccc(OCC4COC4)cc3)nc2n(CC)c1=O. The summed E-state index contributed by atoms with van der Waals surface area (Å²) in [5.41, 5.74) is 1.03. The van der Waals surface area contributed by atoms with Gasteiger partial charge in [-0.05, 0) is 37.6 Å². The molecule has 4 rings (SSSR count). The number of H-pyrrole nitrogens is 1. The summed E-state index contributed by atoms with van der Waals surface area (Å²) < 4.78 is 13.6. The van der Waals surface area contributed by atoms with Crippen molar-refractivity contribution < 1.29 is 9.47 Å². The molecule has 1 aliphatic heterocycles. The predicted octanol–water partition coefficient (Wildman–Crippen LogP) is 2.12. The summed E-state index contributed by atoms with van der Waals surface area (Å²) in [4.78, 5) is 32.5. The van der Waals surface area contributed by atoms with Crippen molar-refractivity contribution in [3.05, 3.63) is 56.5 Å². The minimum Gasteiger partial charge on any atom is -0.493 e. The maximum absolute atomic E-state index is 12.5. The monoisotopic (exact) mass is 396 g/mol. The summed E-state index contributed by atoms with van der Waals surface area (Å²) in [6, 6.07) is 7.76. The Morgan fingerprint density at radius 3 is 2.48 bits per heavy atom. The van der Waals surface area contributed by atoms with Crippen molar-refractivity contribution in [3.63, 3.8) is 0 Å². The van der Waals surface area contributed by atoms with E-state index in [1.54, 1.807) is 13.0 Å². The van der Waals surface area contributed by atoms with Gasteiger partial charge in [-0.1, -0.05) is 18.2 Å². The highest BCUT2D eigenvalue weighted by Gasteiger charge is 2.18. The van der Waals surface area contributed by atoms with Crippen molar-refractivity contribution in [2.45, 2.75) is 26.9 Å². The van der Waals surface area contributed by atoms with Crippen molar-refractivity contribution >= 4 is 23.3 Å². The average Bonchev–Trinajstić information content (AvgIpc) is 3.11. The summed E-state index contributed by atoms with van der Waals surface area (Å²) in [5, 5.41) is 0. The van der Waals surface area contributed by atoms with Crippen molar-refractivity contribution in [2.75, 3.05) is 19.8 Å². The quantitative estimate of drug-likeness (QED) is 0.661. The molecule has 0 atom stereocenters. The fourth-order valence-electron chi connectivity index (χ4n) is 3.27. The second-order valence-electron chi connectivity index (χ2n) is 7.01. The van der Waals surface area contributed by atoms with Gasteiger partial charge in [-0.25, -0.2) is 9.78 Å². The Labute approximate surface area is 167 Å². The largest absolute Gasteiger partial charge is 0.493 e. The number of hydrogen-bond donors (Lipinski definition) is 1. The minimum atomic E-state index is -0.345. The van der Waals surface area contributed by atoms with Gasteiger partial charge in [-0.3, -0.25) is 13.9 Å². The molecule has 0 unspecified atom stereocenters. The van der Waals surface area contributed by atoms with Crippen molar-refractivity contribution in [3.8, 4) is 5.75 Å². The van der Waals surface area contributed by atoms with Crippen LogP contribution in [0.15, 0.2) is 33.9 Å². The third-order valence-corrected chi connectivity index (χ3v) is 5.02. The number of imidazole rings is 1. The first-order valence-electron chi connectivity index (χ1n) is 9.82. The maximum atomic E-state index is 12.5. The topological polar surface area (TPSA) is 91.1 Å². The molecule has 0 saturated carbocycles. The van der Waals surface area contributed by atoms with Gasteiger partial charge in [0.25, 0.3) is 5.56 Å². The molecule has 1 aliphatic rings. The maximum Gasteiger partial charge on any atom is 0.332 e. The number of fused-ring (bicyclic) bond motifs is 1. The molecule has 1 N–H and O–H groups in total. The van der Waals surface area contributed by atoms with E-state index in [0.717, 1.165) is 24.5 Å². The molecule has 0 amide bonds. The van der Waals surface area contributed by atoms with Gasteiger partial charge in [-0.2, -0.15) is 0 Å². The van der Waals surface area contributed by atoms with Crippen molar-refractivity contribution in [2.24, 2.45) is 5.92 Å². The van der Waals surface area contributed by atoms with Gasteiger partial charge < -0.3 is 14.5 Å². The van der Waals surface area contributed by atoms with Crippen LogP contribution >= 0.6 is 0 Å². The van der Waals surface area contributed by atoms with E-state index in [4.69, 9.17) is 9.47 Å². The zero-order valence-corrected chi connectivity index (χ0v) is 16.6. The third kappa shape index (κ3) is 3.75. The number of aromatic amines is 1. The second kappa shape index (κ2) is 8.08. The molecule has 29 heavy (non-hydrogen) atoms. The summed E-state index contributed by atoms with van der Waals surface area (Å²) in [6.07, 6.45) is 3.69. The van der Waals surface area contributed by atoms with Gasteiger partial charge in [0.2, 0.25) is 0 Å². The average molecular weight is 396 g/mol. The Balaban J connectivity index is 1.55. The first-order chi connectivity index (χ1) is 14.1. The lowest BCUT2D eigenvalue weighted by Crippen LogP contribution is -2.39. The number of aromatic nitrogens is 4. The lowest BCUT2D eigenvalue weighted by Gasteiger charge is -2.25. The first kappa shape index (κ1) is 19.2. The van der Waals surface area contributed by atoms with E-state index in [-0.39, 0.29) is 11.2 Å². The second-order valence-corrected chi connectivity index (χ2v) is 7.01. The van der Waals surface area contributed by atoms with Crippen LogP contribution in [0.3, 0.4) is 0 Å². The molecule has 0 aliphatic carbocycles. The van der Waals surface area contributed by atoms with Gasteiger partial charge in [0.1, 0.15) is 17.1 Å². The Morgan fingerprint density at radius 1 is 1.14 bits per heavy atom. The number of nitrogens with one attached hydrogen (secondary N) is 1. The predicted molar refractivity (Wildman–Crippen MR) is 111 cm³/mol. The van der Waals surface area contributed by atoms with Crippen LogP contribution in [0.2, 0.25) is 0 Å². The van der Waals surface area contributed by atoms with Gasteiger partial charge >= 0.3 is 5.69 Å². The molecule has 152 valence electrons. The highest BCUT2D eigenvalue weighted by atomic mass is 16.5. The number of rotatable bonds is 7. The molecule has 1 aromatic carbocycles. The van der Waals surface area contributed by atoms with Crippen LogP contribution in [0.5, 0.6) is 5.75 Å². The fourth-order valence-corrected chi connectivity index (χ4v) is 3.27. The lowest BCUT2D eigenvalue weighted by molar-refractivity contribution is -0.0508. The van der Waals surface area contributed by atoms with E-state index < -0.39 is 0 Å². The highest BCUT2D eigenvalue weighted by molar-refractivity contribution is 5.75. The summed E-state index contributed by atoms with van der Waals surface area (Å²) in [5.74, 6) is 1.84. The van der Waals surface area contributed by atoms with Crippen LogP contribution in [0.25, 0.3) is 23.3 Å². The number of benzene rings is 1. The van der Waals surface area contributed by atoms with Gasteiger partial charge in [0.05, 0.1) is 19.8 Å². The molecule has 1 fully saturated rings. The van der Waals surface area contributed by atoms with Crippen molar-refractivity contribution in [1.29, 1.82) is 0 Å². The van der Waals surface area contributed by atoms with Gasteiger partial charge in [0, 0.05) is 19.0 Å². The van der Waals surface area contributed by atoms with Crippen LogP contribution in [-0.2, 0) is 17.8 Å². The van der Waals surface area contributed by atoms with Crippen LogP contribution in [0.1, 0.15) is 25.2 Å². The summed E-state index contributed by atoms with van der Waals surface area (Å²) in [6.45, 7) is 6.61. The zero-order valence-electron chi connectivity index (χ0n) is 16.6. The molecular weight excluding hydrogens is 372 g/mol. The smallest absolute Gasteiger partial charge is 0.332 e. The Hall–Kier alpha value is -3.13. The fraction of sp³-hybridized carbons (Fsp3) is 0.381. The molecule has 8 heteroatoms. The number of nitrogens with zero attached hydrogens (tertiary/aromatic N) is 3. The molecule has 0 spiro atoms. The first-order valence-corrected chi connectivity index (χ1v) is 9.82. The Morgan fingerprint density at radius 2 is 1.86 bits per heavy atom. The minimum absolute atomic E-state index is 0.319. The van der Waals surface area contributed by atoms with E-state index in [2.05, 4.69) is 9.97 Å². The molecule has 0 radical (unpaired) electrons. The zero-order chi connectivity index (χ0) is 20.4. The van der Waals surface area contributed by atoms with Crippen LogP contribution in [-0.4, -0.2) is 38.9 Å². The van der Waals surface area contributed by atoms with Crippen LogP contribution in [0, 0.1) is 5.92 Å². The highest BCUT2D eigenvalue weighted by Crippen LogP contribution is 2.17. The molecular formula is C21H24N4O4. The van der Waals surface area contributed by atoms with Gasteiger partial charge in [0.15, 0.2) is 5.65 Å². The Bertz CT molecular complexity index is 1150. The number of hydrogen-bond acceptors (Lipinski definition) is 5. The number of ether oxygens (including phenoxy) is 2. The van der Waals surface area contributed by atoms with Crippen molar-refractivity contribution in [1.82, 2.24) is 19.1 Å². The molecule has 0 bridgehead atoms. The lowest BCUT2D eigenvalue weighted by atomic mass is 10.1. The summed E-state index contributed by atoms with van der Waals surface area (Å²) >= 11 is 0. The van der Waals surface area contributed by atoms with E-state index in [1.165, 1.54) is 9.13 Å². The van der Waals surface area contributed by atoms with Gasteiger partial charge in [-0.15, -0.1) is 0 Å². The molecule has 8 nitrogen and oxygen atoms in total. The normalized spacial score (nSPS) is 14.6. The van der Waals surface area contributed by atoms with E-state index in [9.17, 15) is 9.59 Å². The van der Waals surface area contributed by atoms with Crippen LogP contribution < -0.4 is 16.0 Å². The van der Waals surface area contributed by atoms with E-state index in [0.29, 0.717) is 42.6 Å². The number of aryl methyl sites for hydroxylation is 1. The van der Waals surface area contributed by atoms with E-state index >= 15 is 0 Å². The van der Waals surface area contributed by atoms with E-state index in [1.807, 2.05) is 37.3 Å². The third-order valence-electron chi connectivity index (χ3n) is 5.02. The summed E-state index contributed by atoms with van der Waals surface area (Å²) in [7, 11) is 0. The van der Waals surface area contributed by atoms with Crippen LogP contribution in [0.4, 0.5) is 0 Å². The standard InChI is InChI=1S/C21H24N4O4/c1-3-24-19-18(20(26)25(4-2)21(24)27)22-17(23-19)10-7-14-5-8-16(9-6-14)29-13-15-11-28-12-15/h5-10,15H,3-4,11-13H2,1-2H3,(H,22,23). The molecule has 3 aromatic rings.